The van der Waals surface area contributed by atoms with Crippen LogP contribution in [0.3, 0.4) is 0 Å². The van der Waals surface area contributed by atoms with Crippen molar-refractivity contribution in [1.29, 1.82) is 0 Å². The number of rotatable bonds is 7. The topological polar surface area (TPSA) is 70.6 Å². The number of hydrogen-bond acceptors (Lipinski definition) is 4. The maximum atomic E-state index is 10.5. The summed E-state index contributed by atoms with van der Waals surface area (Å²) in [6.07, 6.45) is 7.54. The second-order valence-electron chi connectivity index (χ2n) is 7.40. The number of piperidine rings is 1. The molecule has 3 N–H and O–H groups in total. The number of carboxylic acids is 1. The van der Waals surface area contributed by atoms with Crippen LogP contribution < -0.4 is 15.4 Å². The summed E-state index contributed by atoms with van der Waals surface area (Å²) in [4.78, 5) is 10.5. The smallest absolute Gasteiger partial charge is 0.341 e. The fourth-order valence-electron chi connectivity index (χ4n) is 4.03. The van der Waals surface area contributed by atoms with E-state index in [0.717, 1.165) is 5.92 Å². The molecule has 2 fully saturated rings. The highest BCUT2D eigenvalue weighted by molar-refractivity contribution is 5.85. The van der Waals surface area contributed by atoms with E-state index in [1.165, 1.54) is 63.7 Å². The summed E-state index contributed by atoms with van der Waals surface area (Å²) >= 11 is 0. The Hall–Kier alpha value is -1.01. The highest BCUT2D eigenvalue weighted by Gasteiger charge is 2.23. The van der Waals surface area contributed by atoms with E-state index in [-0.39, 0.29) is 31.4 Å². The minimum Gasteiger partial charge on any atom is -0.482 e. The van der Waals surface area contributed by atoms with Gasteiger partial charge in [0.2, 0.25) is 0 Å². The summed E-state index contributed by atoms with van der Waals surface area (Å²) in [6.45, 7) is 3.23. The van der Waals surface area contributed by atoms with Crippen LogP contribution in [-0.4, -0.2) is 43.4 Å². The first-order chi connectivity index (χ1) is 12.2. The van der Waals surface area contributed by atoms with Gasteiger partial charge in [-0.05, 0) is 87.7 Å². The van der Waals surface area contributed by atoms with Crippen LogP contribution >= 0.6 is 24.8 Å². The zero-order valence-corrected chi connectivity index (χ0v) is 17.3. The molecule has 7 heteroatoms. The number of carbonyl (C=O) groups is 1. The van der Waals surface area contributed by atoms with Crippen molar-refractivity contribution in [2.24, 2.45) is 5.92 Å². The number of nitrogens with one attached hydrogen (secondary N) is 2. The fourth-order valence-corrected chi connectivity index (χ4v) is 4.03. The third-order valence-electron chi connectivity index (χ3n) is 5.59. The van der Waals surface area contributed by atoms with Crippen molar-refractivity contribution in [3.8, 4) is 5.75 Å². The number of ether oxygens (including phenoxy) is 1. The summed E-state index contributed by atoms with van der Waals surface area (Å²) in [5.74, 6) is 1.14. The van der Waals surface area contributed by atoms with Gasteiger partial charge in [-0.15, -0.1) is 24.8 Å². The average molecular weight is 419 g/mol. The van der Waals surface area contributed by atoms with E-state index in [2.05, 4.69) is 22.8 Å². The van der Waals surface area contributed by atoms with Crippen LogP contribution in [0.15, 0.2) is 24.3 Å². The minimum absolute atomic E-state index is 0. The Kier molecular flexibility index (Phi) is 11.1. The second kappa shape index (κ2) is 12.4. The van der Waals surface area contributed by atoms with Crippen LogP contribution in [0.1, 0.15) is 50.0 Å². The Bertz CT molecular complexity index is 543. The molecule has 0 bridgehead atoms. The molecule has 0 amide bonds. The molecule has 3 rings (SSSR count). The van der Waals surface area contributed by atoms with E-state index in [0.29, 0.717) is 17.7 Å². The molecular weight excluding hydrogens is 387 g/mol. The summed E-state index contributed by atoms with van der Waals surface area (Å²) in [6, 6.07) is 8.62. The predicted molar refractivity (Wildman–Crippen MR) is 113 cm³/mol. The van der Waals surface area contributed by atoms with Gasteiger partial charge in [0.1, 0.15) is 5.75 Å². The third-order valence-corrected chi connectivity index (χ3v) is 5.59. The molecule has 1 aromatic rings. The molecule has 0 atom stereocenters. The van der Waals surface area contributed by atoms with Gasteiger partial charge in [-0.3, -0.25) is 0 Å². The highest BCUT2D eigenvalue weighted by Crippen LogP contribution is 2.33. The quantitative estimate of drug-likeness (QED) is 0.630. The molecule has 0 aromatic heterocycles. The summed E-state index contributed by atoms with van der Waals surface area (Å²) in [5, 5.41) is 15.9. The SMILES string of the molecule is Cl.Cl.O=C(O)COc1ccc([C@H]2CC[C@H](NCC3CCNCC3)CC2)cc1. The Morgan fingerprint density at radius 2 is 1.67 bits per heavy atom. The lowest BCUT2D eigenvalue weighted by molar-refractivity contribution is -0.139. The van der Waals surface area contributed by atoms with E-state index < -0.39 is 5.97 Å². The van der Waals surface area contributed by atoms with Crippen molar-refractivity contribution >= 4 is 30.8 Å². The first kappa shape index (κ1) is 24.0. The van der Waals surface area contributed by atoms with Crippen molar-refractivity contribution < 1.29 is 14.6 Å². The van der Waals surface area contributed by atoms with Gasteiger partial charge in [-0.25, -0.2) is 4.79 Å². The van der Waals surface area contributed by atoms with Crippen LogP contribution in [0.4, 0.5) is 0 Å². The van der Waals surface area contributed by atoms with Gasteiger partial charge in [0.15, 0.2) is 6.61 Å². The standard InChI is InChI=1S/C20H30N2O3.2ClH/c23-20(24)14-25-19-7-3-17(4-8-19)16-1-5-18(6-2-16)22-13-15-9-11-21-12-10-15;;/h3-4,7-8,15-16,18,21-22H,1-2,5-6,9-14H2,(H,23,24);2*1H/t16-,18-;;. The van der Waals surface area contributed by atoms with Crippen molar-refractivity contribution in [3.05, 3.63) is 29.8 Å². The Morgan fingerprint density at radius 3 is 2.26 bits per heavy atom. The Morgan fingerprint density at radius 1 is 1.04 bits per heavy atom. The lowest BCUT2D eigenvalue weighted by atomic mass is 9.81. The first-order valence-corrected chi connectivity index (χ1v) is 9.59. The van der Waals surface area contributed by atoms with E-state index in [9.17, 15) is 4.79 Å². The maximum absolute atomic E-state index is 10.5. The molecule has 1 heterocycles. The molecule has 0 unspecified atom stereocenters. The summed E-state index contributed by atoms with van der Waals surface area (Å²) in [5.41, 5.74) is 1.35. The number of carboxylic acid groups (broad SMARTS) is 1. The molecule has 1 saturated carbocycles. The normalized spacial score (nSPS) is 23.0. The van der Waals surface area contributed by atoms with Gasteiger partial charge >= 0.3 is 5.97 Å². The van der Waals surface area contributed by atoms with Crippen LogP contribution in [0, 0.1) is 5.92 Å². The molecule has 154 valence electrons. The van der Waals surface area contributed by atoms with Gasteiger partial charge < -0.3 is 20.5 Å². The Labute approximate surface area is 174 Å². The van der Waals surface area contributed by atoms with Crippen molar-refractivity contribution in [1.82, 2.24) is 10.6 Å². The van der Waals surface area contributed by atoms with Gasteiger partial charge in [-0.2, -0.15) is 0 Å². The van der Waals surface area contributed by atoms with E-state index in [1.54, 1.807) is 0 Å². The van der Waals surface area contributed by atoms with Crippen molar-refractivity contribution in [3.63, 3.8) is 0 Å². The number of hydrogen-bond donors (Lipinski definition) is 3. The van der Waals surface area contributed by atoms with Crippen LogP contribution in [0.25, 0.3) is 0 Å². The zero-order valence-electron chi connectivity index (χ0n) is 15.7. The number of benzene rings is 1. The van der Waals surface area contributed by atoms with E-state index in [1.807, 2.05) is 12.1 Å². The molecule has 0 spiro atoms. The molecular formula is C20H32Cl2N2O3. The van der Waals surface area contributed by atoms with Gasteiger partial charge in [0, 0.05) is 6.04 Å². The lowest BCUT2D eigenvalue weighted by Crippen LogP contribution is -2.39. The van der Waals surface area contributed by atoms with E-state index in [4.69, 9.17) is 9.84 Å². The van der Waals surface area contributed by atoms with Gasteiger partial charge in [0.05, 0.1) is 0 Å². The molecule has 0 radical (unpaired) electrons. The minimum atomic E-state index is -0.945. The lowest BCUT2D eigenvalue weighted by Gasteiger charge is -2.31. The van der Waals surface area contributed by atoms with Crippen molar-refractivity contribution in [2.45, 2.75) is 50.5 Å². The van der Waals surface area contributed by atoms with Crippen LogP contribution in [-0.2, 0) is 4.79 Å². The molecule has 1 aliphatic carbocycles. The molecule has 2 aliphatic rings. The summed E-state index contributed by atoms with van der Waals surface area (Å²) in [7, 11) is 0. The molecule has 1 saturated heterocycles. The monoisotopic (exact) mass is 418 g/mol. The largest absolute Gasteiger partial charge is 0.482 e. The average Bonchev–Trinajstić information content (AvgIpc) is 2.66. The summed E-state index contributed by atoms with van der Waals surface area (Å²) < 4.78 is 5.20. The third kappa shape index (κ3) is 7.86. The predicted octanol–water partition coefficient (Wildman–Crippen LogP) is 3.61. The molecule has 1 aromatic carbocycles. The van der Waals surface area contributed by atoms with Crippen molar-refractivity contribution in [2.75, 3.05) is 26.2 Å². The second-order valence-corrected chi connectivity index (χ2v) is 7.40. The Balaban J connectivity index is 0.00000182. The zero-order chi connectivity index (χ0) is 17.5. The van der Waals surface area contributed by atoms with Crippen LogP contribution in [0.5, 0.6) is 5.75 Å². The molecule has 27 heavy (non-hydrogen) atoms. The maximum Gasteiger partial charge on any atom is 0.341 e. The van der Waals surface area contributed by atoms with Gasteiger partial charge in [0.25, 0.3) is 0 Å². The molecule has 5 nitrogen and oxygen atoms in total. The van der Waals surface area contributed by atoms with Crippen LogP contribution in [0.2, 0.25) is 0 Å². The first-order valence-electron chi connectivity index (χ1n) is 9.59. The highest BCUT2D eigenvalue weighted by atomic mass is 35.5. The number of halogens is 2. The fraction of sp³-hybridized carbons (Fsp3) is 0.650. The van der Waals surface area contributed by atoms with Gasteiger partial charge in [-0.1, -0.05) is 12.1 Å². The number of aliphatic carboxylic acids is 1. The van der Waals surface area contributed by atoms with E-state index >= 15 is 0 Å². The molecule has 1 aliphatic heterocycles.